The summed E-state index contributed by atoms with van der Waals surface area (Å²) in [5, 5.41) is 12.4. The first kappa shape index (κ1) is 13.8. The van der Waals surface area contributed by atoms with Crippen LogP contribution in [0.25, 0.3) is 0 Å². The van der Waals surface area contributed by atoms with Gasteiger partial charge in [0.15, 0.2) is 0 Å². The van der Waals surface area contributed by atoms with Crippen LogP contribution in [0.2, 0.25) is 0 Å². The lowest BCUT2D eigenvalue weighted by Crippen LogP contribution is -2.22. The minimum absolute atomic E-state index is 0.0787. The third-order valence-electron chi connectivity index (χ3n) is 2.68. The highest BCUT2D eigenvalue weighted by atomic mass is 16.5. The summed E-state index contributed by atoms with van der Waals surface area (Å²) in [7, 11) is 3.28. The van der Waals surface area contributed by atoms with Crippen LogP contribution in [0.4, 0.5) is 0 Å². The lowest BCUT2D eigenvalue weighted by Gasteiger charge is -2.20. The lowest BCUT2D eigenvalue weighted by molar-refractivity contribution is 0.264. The van der Waals surface area contributed by atoms with Crippen molar-refractivity contribution >= 4 is 0 Å². The van der Waals surface area contributed by atoms with E-state index < -0.39 is 0 Å². The second-order valence-corrected chi connectivity index (χ2v) is 3.73. The molecule has 0 aliphatic carbocycles. The van der Waals surface area contributed by atoms with E-state index in [1.807, 2.05) is 25.1 Å². The van der Waals surface area contributed by atoms with Crippen LogP contribution < -0.4 is 14.8 Å². The van der Waals surface area contributed by atoms with E-state index in [0.29, 0.717) is 6.42 Å². The van der Waals surface area contributed by atoms with Crippen LogP contribution in [0.15, 0.2) is 18.2 Å². The Bertz CT molecular complexity index is 335. The van der Waals surface area contributed by atoms with Crippen molar-refractivity contribution in [3.63, 3.8) is 0 Å². The zero-order chi connectivity index (χ0) is 12.7. The van der Waals surface area contributed by atoms with Gasteiger partial charge in [0.2, 0.25) is 0 Å². The Morgan fingerprint density at radius 2 is 2.06 bits per heavy atom. The number of hydrogen-bond donors (Lipinski definition) is 2. The minimum atomic E-state index is 0.0787. The molecule has 0 saturated carbocycles. The van der Waals surface area contributed by atoms with Crippen LogP contribution >= 0.6 is 0 Å². The van der Waals surface area contributed by atoms with Crippen molar-refractivity contribution in [1.82, 2.24) is 5.32 Å². The maximum atomic E-state index is 9.10. The van der Waals surface area contributed by atoms with E-state index in [-0.39, 0.29) is 12.6 Å². The summed E-state index contributed by atoms with van der Waals surface area (Å²) in [6.07, 6.45) is 0.650. The van der Waals surface area contributed by atoms with Crippen molar-refractivity contribution in [2.45, 2.75) is 19.4 Å². The lowest BCUT2D eigenvalue weighted by atomic mass is 10.0. The number of hydrogen-bond acceptors (Lipinski definition) is 4. The molecule has 2 N–H and O–H groups in total. The summed E-state index contributed by atoms with van der Waals surface area (Å²) < 4.78 is 10.6. The van der Waals surface area contributed by atoms with Gasteiger partial charge in [0.05, 0.1) is 14.2 Å². The molecule has 0 heterocycles. The second kappa shape index (κ2) is 7.14. The topological polar surface area (TPSA) is 50.7 Å². The normalized spacial score (nSPS) is 12.2. The number of rotatable bonds is 7. The van der Waals surface area contributed by atoms with Gasteiger partial charge in [0.25, 0.3) is 0 Å². The molecule has 4 nitrogen and oxygen atoms in total. The minimum Gasteiger partial charge on any atom is -0.497 e. The largest absolute Gasteiger partial charge is 0.497 e. The molecule has 4 heteroatoms. The number of ether oxygens (including phenoxy) is 2. The van der Waals surface area contributed by atoms with Gasteiger partial charge in [-0.25, -0.2) is 0 Å². The molecule has 1 atom stereocenters. The van der Waals surface area contributed by atoms with E-state index >= 15 is 0 Å². The molecule has 0 fully saturated rings. The predicted molar refractivity (Wildman–Crippen MR) is 67.7 cm³/mol. The van der Waals surface area contributed by atoms with Crippen molar-refractivity contribution in [1.29, 1.82) is 0 Å². The molecule has 1 unspecified atom stereocenters. The summed E-state index contributed by atoms with van der Waals surface area (Å²) in [4.78, 5) is 0. The Balaban J connectivity index is 3.04. The van der Waals surface area contributed by atoms with Crippen molar-refractivity contribution in [2.24, 2.45) is 0 Å². The molecule has 1 rings (SSSR count). The molecule has 96 valence electrons. The summed E-state index contributed by atoms with van der Waals surface area (Å²) in [5.74, 6) is 1.60. The van der Waals surface area contributed by atoms with E-state index in [4.69, 9.17) is 14.6 Å². The molecule has 0 saturated heterocycles. The van der Waals surface area contributed by atoms with Gasteiger partial charge in [-0.15, -0.1) is 0 Å². The van der Waals surface area contributed by atoms with E-state index in [0.717, 1.165) is 23.6 Å². The standard InChI is InChI=1S/C13H21NO3/c1-4-14-12(7-8-15)11-9-10(16-2)5-6-13(11)17-3/h5-6,9,12,14-15H,4,7-8H2,1-3H3. The van der Waals surface area contributed by atoms with E-state index in [1.54, 1.807) is 14.2 Å². The average Bonchev–Trinajstić information content (AvgIpc) is 2.37. The van der Waals surface area contributed by atoms with Crippen LogP contribution in [-0.4, -0.2) is 32.5 Å². The number of benzene rings is 1. The van der Waals surface area contributed by atoms with Gasteiger partial charge in [0, 0.05) is 18.2 Å². The van der Waals surface area contributed by atoms with Gasteiger partial charge in [0.1, 0.15) is 11.5 Å². The molecule has 0 aliphatic heterocycles. The zero-order valence-electron chi connectivity index (χ0n) is 10.7. The van der Waals surface area contributed by atoms with Gasteiger partial charge in [-0.1, -0.05) is 6.92 Å². The van der Waals surface area contributed by atoms with Crippen molar-refractivity contribution in [3.05, 3.63) is 23.8 Å². The van der Waals surface area contributed by atoms with E-state index in [9.17, 15) is 0 Å². The molecule has 1 aromatic carbocycles. The van der Waals surface area contributed by atoms with Crippen LogP contribution in [0.1, 0.15) is 24.9 Å². The number of nitrogens with one attached hydrogen (secondary N) is 1. The number of aliphatic hydroxyl groups is 1. The highest BCUT2D eigenvalue weighted by Crippen LogP contribution is 2.30. The van der Waals surface area contributed by atoms with Crippen LogP contribution in [0.5, 0.6) is 11.5 Å². The molecule has 0 radical (unpaired) electrons. The van der Waals surface area contributed by atoms with Crippen LogP contribution in [0.3, 0.4) is 0 Å². The maximum Gasteiger partial charge on any atom is 0.123 e. The van der Waals surface area contributed by atoms with Crippen molar-refractivity contribution in [3.8, 4) is 11.5 Å². The highest BCUT2D eigenvalue weighted by molar-refractivity contribution is 5.42. The van der Waals surface area contributed by atoms with Crippen LogP contribution in [0, 0.1) is 0 Å². The quantitative estimate of drug-likeness (QED) is 0.761. The smallest absolute Gasteiger partial charge is 0.123 e. The molecule has 0 amide bonds. The fraction of sp³-hybridized carbons (Fsp3) is 0.538. The Labute approximate surface area is 103 Å². The molecule has 0 bridgehead atoms. The first-order chi connectivity index (χ1) is 8.26. The Morgan fingerprint density at radius 3 is 2.59 bits per heavy atom. The average molecular weight is 239 g/mol. The Morgan fingerprint density at radius 1 is 1.29 bits per heavy atom. The molecule has 1 aromatic rings. The SMILES string of the molecule is CCNC(CCO)c1cc(OC)ccc1OC. The van der Waals surface area contributed by atoms with Gasteiger partial charge >= 0.3 is 0 Å². The van der Waals surface area contributed by atoms with E-state index in [2.05, 4.69) is 5.32 Å². The third-order valence-corrected chi connectivity index (χ3v) is 2.68. The molecule has 17 heavy (non-hydrogen) atoms. The summed E-state index contributed by atoms with van der Waals surface area (Å²) in [6, 6.07) is 5.78. The first-order valence-corrected chi connectivity index (χ1v) is 5.83. The summed E-state index contributed by atoms with van der Waals surface area (Å²) in [6.45, 7) is 3.01. The molecule has 0 aliphatic rings. The van der Waals surface area contributed by atoms with Crippen molar-refractivity contribution in [2.75, 3.05) is 27.4 Å². The second-order valence-electron chi connectivity index (χ2n) is 3.73. The maximum absolute atomic E-state index is 9.10. The molecular formula is C13H21NO3. The number of aliphatic hydroxyl groups excluding tert-OH is 1. The van der Waals surface area contributed by atoms with Gasteiger partial charge in [-0.3, -0.25) is 0 Å². The Kier molecular flexibility index (Phi) is 5.80. The monoisotopic (exact) mass is 239 g/mol. The summed E-state index contributed by atoms with van der Waals surface area (Å²) in [5.41, 5.74) is 1.02. The van der Waals surface area contributed by atoms with Gasteiger partial charge < -0.3 is 19.9 Å². The molecular weight excluding hydrogens is 218 g/mol. The fourth-order valence-corrected chi connectivity index (χ4v) is 1.85. The summed E-state index contributed by atoms with van der Waals surface area (Å²) >= 11 is 0. The van der Waals surface area contributed by atoms with Crippen LogP contribution in [-0.2, 0) is 0 Å². The highest BCUT2D eigenvalue weighted by Gasteiger charge is 2.15. The number of methoxy groups -OCH3 is 2. The fourth-order valence-electron chi connectivity index (χ4n) is 1.85. The van der Waals surface area contributed by atoms with Gasteiger partial charge in [-0.2, -0.15) is 0 Å². The Hall–Kier alpha value is -1.26. The first-order valence-electron chi connectivity index (χ1n) is 5.83. The predicted octanol–water partition coefficient (Wildman–Crippen LogP) is 1.74. The molecule has 0 aromatic heterocycles. The third kappa shape index (κ3) is 3.61. The van der Waals surface area contributed by atoms with Gasteiger partial charge in [-0.05, 0) is 31.2 Å². The van der Waals surface area contributed by atoms with E-state index in [1.165, 1.54) is 0 Å². The molecule has 0 spiro atoms. The van der Waals surface area contributed by atoms with Crippen molar-refractivity contribution < 1.29 is 14.6 Å². The zero-order valence-corrected chi connectivity index (χ0v) is 10.7.